The molecule has 0 spiro atoms. The van der Waals surface area contributed by atoms with Gasteiger partial charge in [-0.3, -0.25) is 10.1 Å². The van der Waals surface area contributed by atoms with Crippen LogP contribution in [0.25, 0.3) is 0 Å². The van der Waals surface area contributed by atoms with Crippen molar-refractivity contribution >= 4 is 11.7 Å². The van der Waals surface area contributed by atoms with Gasteiger partial charge >= 0.3 is 11.7 Å². The first-order chi connectivity index (χ1) is 9.59. The second-order valence-electron chi connectivity index (χ2n) is 3.83. The van der Waals surface area contributed by atoms with Gasteiger partial charge in [0.2, 0.25) is 0 Å². The van der Waals surface area contributed by atoms with Crippen LogP contribution in [0, 0.1) is 10.1 Å². The lowest BCUT2D eigenvalue weighted by atomic mass is 10.2. The van der Waals surface area contributed by atoms with E-state index in [1.54, 1.807) is 18.2 Å². The fourth-order valence-corrected chi connectivity index (χ4v) is 1.63. The van der Waals surface area contributed by atoms with Gasteiger partial charge in [0.05, 0.1) is 4.92 Å². The van der Waals surface area contributed by atoms with E-state index in [-0.39, 0.29) is 23.7 Å². The van der Waals surface area contributed by atoms with Gasteiger partial charge in [-0.2, -0.15) is 0 Å². The third kappa shape index (κ3) is 2.89. The molecule has 0 unspecified atom stereocenters. The molecule has 0 atom stereocenters. The zero-order valence-corrected chi connectivity index (χ0v) is 10.2. The summed E-state index contributed by atoms with van der Waals surface area (Å²) in [6.07, 6.45) is 1.36. The van der Waals surface area contributed by atoms with E-state index in [1.165, 1.54) is 24.4 Å². The molecular formula is C13H10N2O5. The Labute approximate surface area is 113 Å². The molecule has 7 nitrogen and oxygen atoms in total. The second-order valence-corrected chi connectivity index (χ2v) is 3.83. The first-order valence-corrected chi connectivity index (χ1v) is 5.63. The minimum Gasteiger partial charge on any atom is -0.482 e. The Balaban J connectivity index is 2.22. The predicted molar refractivity (Wildman–Crippen MR) is 68.6 cm³/mol. The molecule has 1 N–H and O–H groups in total. The van der Waals surface area contributed by atoms with Crippen molar-refractivity contribution in [2.75, 3.05) is 0 Å². The van der Waals surface area contributed by atoms with Crippen LogP contribution < -0.4 is 4.74 Å². The van der Waals surface area contributed by atoms with Crippen molar-refractivity contribution in [1.29, 1.82) is 0 Å². The van der Waals surface area contributed by atoms with Gasteiger partial charge in [0, 0.05) is 17.8 Å². The zero-order valence-electron chi connectivity index (χ0n) is 10.2. The highest BCUT2D eigenvalue weighted by Crippen LogP contribution is 2.26. The quantitative estimate of drug-likeness (QED) is 0.662. The molecule has 2 aromatic rings. The van der Waals surface area contributed by atoms with Gasteiger partial charge in [0.1, 0.15) is 6.61 Å². The van der Waals surface area contributed by atoms with Gasteiger partial charge < -0.3 is 9.84 Å². The van der Waals surface area contributed by atoms with Crippen LogP contribution in [0.4, 0.5) is 5.69 Å². The summed E-state index contributed by atoms with van der Waals surface area (Å²) in [6.45, 7) is -0.111. The maximum absolute atomic E-state index is 11.0. The van der Waals surface area contributed by atoms with Crippen molar-refractivity contribution in [2.45, 2.75) is 6.61 Å². The maximum atomic E-state index is 11.0. The lowest BCUT2D eigenvalue weighted by Gasteiger charge is -2.08. The van der Waals surface area contributed by atoms with Gasteiger partial charge in [0.25, 0.3) is 0 Å². The normalized spacial score (nSPS) is 10.0. The van der Waals surface area contributed by atoms with E-state index in [9.17, 15) is 14.9 Å². The number of hydrogen-bond acceptors (Lipinski definition) is 5. The van der Waals surface area contributed by atoms with E-state index in [2.05, 4.69) is 4.98 Å². The Bertz CT molecular complexity index is 599. The molecule has 0 radical (unpaired) electrons. The number of aromatic nitrogens is 1. The number of nitrogens with zero attached hydrogens (tertiary/aromatic N) is 2. The fourth-order valence-electron chi connectivity index (χ4n) is 1.63. The van der Waals surface area contributed by atoms with Crippen molar-refractivity contribution in [3.8, 4) is 5.75 Å². The molecule has 2 rings (SSSR count). The first kappa shape index (κ1) is 13.5. The molecule has 0 bridgehead atoms. The summed E-state index contributed by atoms with van der Waals surface area (Å²) in [5.41, 5.74) is 0.0394. The van der Waals surface area contributed by atoms with Crippen LogP contribution in [-0.4, -0.2) is 21.0 Å². The Kier molecular flexibility index (Phi) is 3.90. The minimum absolute atomic E-state index is 0.0812. The Morgan fingerprint density at radius 3 is 2.75 bits per heavy atom. The Hall–Kier alpha value is -2.96. The highest BCUT2D eigenvalue weighted by molar-refractivity contribution is 5.86. The van der Waals surface area contributed by atoms with Crippen LogP contribution in [-0.2, 0) is 6.61 Å². The number of rotatable bonds is 5. The number of hydrogen-bond donors (Lipinski definition) is 1. The van der Waals surface area contributed by atoms with Gasteiger partial charge in [-0.25, -0.2) is 9.78 Å². The highest BCUT2D eigenvalue weighted by atomic mass is 16.6. The molecule has 0 aliphatic heterocycles. The summed E-state index contributed by atoms with van der Waals surface area (Å²) in [6, 6.07) is 9.02. The second kappa shape index (κ2) is 5.79. The summed E-state index contributed by atoms with van der Waals surface area (Å²) < 4.78 is 5.33. The number of carboxylic acids is 1. The largest absolute Gasteiger partial charge is 0.482 e. The number of pyridine rings is 1. The Morgan fingerprint density at radius 2 is 2.05 bits per heavy atom. The van der Waals surface area contributed by atoms with Crippen molar-refractivity contribution < 1.29 is 19.6 Å². The standard InChI is InChI=1S/C13H10N2O5/c16-13(17)12-9(4-3-7-14-12)8-20-11-6-2-1-5-10(11)15(18)19/h1-7H,8H2,(H,16,17). The summed E-state index contributed by atoms with van der Waals surface area (Å²) in [7, 11) is 0. The van der Waals surface area contributed by atoms with Crippen molar-refractivity contribution in [2.24, 2.45) is 0 Å². The number of benzene rings is 1. The van der Waals surface area contributed by atoms with Crippen molar-refractivity contribution in [3.05, 3.63) is 64.0 Å². The van der Waals surface area contributed by atoms with E-state index in [4.69, 9.17) is 9.84 Å². The molecule has 1 aromatic carbocycles. The molecule has 0 amide bonds. The third-order valence-corrected chi connectivity index (χ3v) is 2.54. The number of carbonyl (C=O) groups is 1. The number of ether oxygens (including phenoxy) is 1. The van der Waals surface area contributed by atoms with Gasteiger partial charge in [0.15, 0.2) is 11.4 Å². The molecule has 0 aliphatic rings. The minimum atomic E-state index is -1.17. The number of aromatic carboxylic acids is 1. The average molecular weight is 274 g/mol. The molecule has 20 heavy (non-hydrogen) atoms. The summed E-state index contributed by atoms with van der Waals surface area (Å²) in [4.78, 5) is 25.0. The summed E-state index contributed by atoms with van der Waals surface area (Å²) in [5, 5.41) is 19.8. The van der Waals surface area contributed by atoms with E-state index in [0.717, 1.165) is 0 Å². The van der Waals surface area contributed by atoms with Crippen molar-refractivity contribution in [1.82, 2.24) is 4.98 Å². The lowest BCUT2D eigenvalue weighted by molar-refractivity contribution is -0.385. The number of carboxylic acid groups (broad SMARTS) is 1. The fraction of sp³-hybridized carbons (Fsp3) is 0.0769. The molecule has 1 heterocycles. The molecule has 0 saturated heterocycles. The topological polar surface area (TPSA) is 103 Å². The molecule has 1 aromatic heterocycles. The molecule has 7 heteroatoms. The number of nitro benzene ring substituents is 1. The smallest absolute Gasteiger partial charge is 0.354 e. The van der Waals surface area contributed by atoms with Crippen LogP contribution in [0.3, 0.4) is 0 Å². The van der Waals surface area contributed by atoms with Crippen LogP contribution in [0.15, 0.2) is 42.6 Å². The van der Waals surface area contributed by atoms with Crippen LogP contribution in [0.2, 0.25) is 0 Å². The van der Waals surface area contributed by atoms with Crippen LogP contribution in [0.1, 0.15) is 16.1 Å². The van der Waals surface area contributed by atoms with E-state index in [1.807, 2.05) is 0 Å². The summed E-state index contributed by atoms with van der Waals surface area (Å²) in [5.74, 6) is -1.09. The molecular weight excluding hydrogens is 264 g/mol. The maximum Gasteiger partial charge on any atom is 0.354 e. The lowest BCUT2D eigenvalue weighted by Crippen LogP contribution is -2.08. The third-order valence-electron chi connectivity index (χ3n) is 2.54. The van der Waals surface area contributed by atoms with Crippen LogP contribution in [0.5, 0.6) is 5.75 Å². The van der Waals surface area contributed by atoms with E-state index < -0.39 is 10.9 Å². The molecule has 0 aliphatic carbocycles. The highest BCUT2D eigenvalue weighted by Gasteiger charge is 2.16. The predicted octanol–water partition coefficient (Wildman–Crippen LogP) is 2.27. The number of para-hydroxylation sites is 2. The van der Waals surface area contributed by atoms with Gasteiger partial charge in [-0.15, -0.1) is 0 Å². The first-order valence-electron chi connectivity index (χ1n) is 5.63. The van der Waals surface area contributed by atoms with Crippen molar-refractivity contribution in [3.63, 3.8) is 0 Å². The molecule has 0 fully saturated rings. The molecule has 0 saturated carbocycles. The van der Waals surface area contributed by atoms with Gasteiger partial charge in [-0.1, -0.05) is 18.2 Å². The number of nitro groups is 1. The monoisotopic (exact) mass is 274 g/mol. The van der Waals surface area contributed by atoms with E-state index >= 15 is 0 Å². The summed E-state index contributed by atoms with van der Waals surface area (Å²) >= 11 is 0. The van der Waals surface area contributed by atoms with Crippen LogP contribution >= 0.6 is 0 Å². The zero-order chi connectivity index (χ0) is 14.5. The average Bonchev–Trinajstić information content (AvgIpc) is 2.45. The SMILES string of the molecule is O=C(O)c1ncccc1COc1ccccc1[N+](=O)[O-]. The Morgan fingerprint density at radius 1 is 1.30 bits per heavy atom. The molecule has 102 valence electrons. The van der Waals surface area contributed by atoms with E-state index in [0.29, 0.717) is 5.56 Å². The van der Waals surface area contributed by atoms with Gasteiger partial charge in [-0.05, 0) is 12.1 Å².